The fraction of sp³-hybridized carbons (Fsp3) is 0.577. The summed E-state index contributed by atoms with van der Waals surface area (Å²) in [5.41, 5.74) is -0.639. The van der Waals surface area contributed by atoms with Crippen molar-refractivity contribution in [2.24, 2.45) is 5.92 Å². The molecule has 0 radical (unpaired) electrons. The molecule has 1 fully saturated rings. The monoisotopic (exact) mass is 521 g/mol. The van der Waals surface area contributed by atoms with E-state index in [2.05, 4.69) is 10.2 Å². The van der Waals surface area contributed by atoms with Crippen LogP contribution in [-0.4, -0.2) is 89.8 Å². The van der Waals surface area contributed by atoms with Crippen LogP contribution >= 0.6 is 0 Å². The number of rotatable bonds is 6. The number of amides is 4. The average molecular weight is 522 g/mol. The third-order valence-corrected chi connectivity index (χ3v) is 7.31. The number of urea groups is 1. The highest BCUT2D eigenvalue weighted by molar-refractivity contribution is 6.03. The van der Waals surface area contributed by atoms with Crippen LogP contribution in [0.5, 0.6) is 0 Å². The Labute approximate surface area is 215 Å². The van der Waals surface area contributed by atoms with Gasteiger partial charge in [0.1, 0.15) is 6.04 Å². The summed E-state index contributed by atoms with van der Waals surface area (Å²) in [4.78, 5) is 47.3. The van der Waals surface area contributed by atoms with E-state index in [9.17, 15) is 27.6 Å². The van der Waals surface area contributed by atoms with Crippen LogP contribution in [0.2, 0.25) is 0 Å². The second-order valence-electron chi connectivity index (χ2n) is 10.3. The van der Waals surface area contributed by atoms with Crippen LogP contribution in [0, 0.1) is 5.92 Å². The first-order valence-corrected chi connectivity index (χ1v) is 12.7. The Morgan fingerprint density at radius 1 is 1.11 bits per heavy atom. The van der Waals surface area contributed by atoms with Gasteiger partial charge < -0.3 is 20.0 Å². The molecule has 4 rings (SSSR count). The zero-order valence-electron chi connectivity index (χ0n) is 21.6. The lowest BCUT2D eigenvalue weighted by molar-refractivity contribution is -0.144. The normalized spacial score (nSPS) is 22.1. The summed E-state index contributed by atoms with van der Waals surface area (Å²) in [7, 11) is 1.98. The Morgan fingerprint density at radius 3 is 2.35 bits per heavy atom. The zero-order valence-corrected chi connectivity index (χ0v) is 21.6. The summed E-state index contributed by atoms with van der Waals surface area (Å²) in [6, 6.07) is 2.37. The van der Waals surface area contributed by atoms with Crippen LogP contribution in [0.3, 0.4) is 0 Å². The van der Waals surface area contributed by atoms with Gasteiger partial charge in [0.15, 0.2) is 0 Å². The van der Waals surface area contributed by atoms with Crippen molar-refractivity contribution in [1.82, 2.24) is 24.9 Å². The Bertz CT molecular complexity index is 1100. The molecule has 3 aliphatic heterocycles. The highest BCUT2D eigenvalue weighted by Gasteiger charge is 2.49. The Balaban J connectivity index is 1.73. The van der Waals surface area contributed by atoms with Crippen LogP contribution in [-0.2, 0) is 15.8 Å². The molecule has 0 aromatic heterocycles. The first-order chi connectivity index (χ1) is 17.4. The number of hydrogen-bond acceptors (Lipinski definition) is 4. The van der Waals surface area contributed by atoms with Gasteiger partial charge >= 0.3 is 12.2 Å². The van der Waals surface area contributed by atoms with Gasteiger partial charge in [-0.3, -0.25) is 14.5 Å². The number of hydrogen-bond donors (Lipinski definition) is 1. The minimum Gasteiger partial charge on any atom is -0.338 e. The topological polar surface area (TPSA) is 76.2 Å². The molecular weight excluding hydrogens is 487 g/mol. The average Bonchev–Trinajstić information content (AvgIpc) is 3.18. The molecule has 1 aromatic carbocycles. The molecule has 37 heavy (non-hydrogen) atoms. The Kier molecular flexibility index (Phi) is 7.55. The summed E-state index contributed by atoms with van der Waals surface area (Å²) < 4.78 is 41.7. The van der Waals surface area contributed by atoms with Crippen LogP contribution in [0.4, 0.5) is 18.0 Å². The van der Waals surface area contributed by atoms with Gasteiger partial charge in [-0.1, -0.05) is 32.0 Å². The fourth-order valence-corrected chi connectivity index (χ4v) is 5.39. The lowest BCUT2D eigenvalue weighted by Gasteiger charge is -2.37. The molecule has 0 bridgehead atoms. The lowest BCUT2D eigenvalue weighted by Crippen LogP contribution is -2.55. The number of likely N-dealkylation sites (N-methyl/N-ethyl adjacent to an activating group) is 2. The molecule has 3 aliphatic rings. The molecule has 1 saturated heterocycles. The van der Waals surface area contributed by atoms with Gasteiger partial charge in [-0.2, -0.15) is 13.2 Å². The molecule has 0 spiro atoms. The van der Waals surface area contributed by atoms with Crippen molar-refractivity contribution in [2.75, 3.05) is 46.3 Å². The molecule has 2 atom stereocenters. The van der Waals surface area contributed by atoms with Crippen molar-refractivity contribution in [3.8, 4) is 0 Å². The van der Waals surface area contributed by atoms with E-state index < -0.39 is 35.8 Å². The molecule has 11 heteroatoms. The lowest BCUT2D eigenvalue weighted by atomic mass is 9.91. The van der Waals surface area contributed by atoms with Gasteiger partial charge in [0.25, 0.3) is 5.91 Å². The van der Waals surface area contributed by atoms with Crippen LogP contribution in [0.1, 0.15) is 44.4 Å². The summed E-state index contributed by atoms with van der Waals surface area (Å²) in [6.07, 6.45) is -4.25. The number of nitrogens with zero attached hydrogens (tertiary/aromatic N) is 4. The molecular formula is C26H34F3N5O3. The van der Waals surface area contributed by atoms with E-state index in [-0.39, 0.29) is 36.1 Å². The van der Waals surface area contributed by atoms with E-state index in [0.29, 0.717) is 25.2 Å². The first kappa shape index (κ1) is 27.0. The van der Waals surface area contributed by atoms with E-state index in [4.69, 9.17) is 0 Å². The minimum absolute atomic E-state index is 0.00300. The number of carbonyl (C=O) groups is 3. The molecule has 0 saturated carbocycles. The number of nitrogens with one attached hydrogen (secondary N) is 1. The highest BCUT2D eigenvalue weighted by atomic mass is 19.4. The summed E-state index contributed by atoms with van der Waals surface area (Å²) in [5.74, 6) is -0.580. The maximum absolute atomic E-state index is 13.9. The maximum Gasteiger partial charge on any atom is 0.416 e. The van der Waals surface area contributed by atoms with Gasteiger partial charge in [0.2, 0.25) is 5.91 Å². The second-order valence-corrected chi connectivity index (χ2v) is 10.3. The van der Waals surface area contributed by atoms with Crippen molar-refractivity contribution in [3.63, 3.8) is 0 Å². The van der Waals surface area contributed by atoms with Gasteiger partial charge in [0.05, 0.1) is 29.4 Å². The first-order valence-electron chi connectivity index (χ1n) is 12.7. The van der Waals surface area contributed by atoms with Crippen LogP contribution in [0.15, 0.2) is 35.5 Å². The molecule has 0 aliphatic carbocycles. The fourth-order valence-electron chi connectivity index (χ4n) is 5.39. The molecule has 1 N–H and O–H groups in total. The molecule has 202 valence electrons. The summed E-state index contributed by atoms with van der Waals surface area (Å²) >= 11 is 0. The van der Waals surface area contributed by atoms with E-state index in [0.717, 1.165) is 19.2 Å². The predicted molar refractivity (Wildman–Crippen MR) is 131 cm³/mol. The van der Waals surface area contributed by atoms with Gasteiger partial charge in [0, 0.05) is 32.7 Å². The summed E-state index contributed by atoms with van der Waals surface area (Å²) in [6.45, 7) is 8.43. The highest BCUT2D eigenvalue weighted by Crippen LogP contribution is 2.42. The van der Waals surface area contributed by atoms with Crippen molar-refractivity contribution in [1.29, 1.82) is 0 Å². The second kappa shape index (κ2) is 10.4. The summed E-state index contributed by atoms with van der Waals surface area (Å²) in [5, 5.41) is 2.63. The minimum atomic E-state index is -4.66. The number of halogens is 3. The molecule has 4 amide bonds. The molecule has 0 unspecified atom stereocenters. The van der Waals surface area contributed by atoms with Crippen molar-refractivity contribution < 1.29 is 27.6 Å². The number of alkyl halides is 3. The number of carbonyl (C=O) groups excluding carboxylic acids is 3. The SMILES string of the molecule is CCN1C(=O)N[C@H](c2ccccc2C(F)(F)F)C2=C1CN([C@H](CC(C)C)C(=O)N1CCN(C)CC1)C2=O. The number of benzene rings is 1. The quantitative estimate of drug-likeness (QED) is 0.625. The van der Waals surface area contributed by atoms with Crippen LogP contribution < -0.4 is 5.32 Å². The molecule has 3 heterocycles. The van der Waals surface area contributed by atoms with Gasteiger partial charge in [-0.25, -0.2) is 4.79 Å². The van der Waals surface area contributed by atoms with E-state index in [1.54, 1.807) is 11.8 Å². The van der Waals surface area contributed by atoms with Gasteiger partial charge in [-0.05, 0) is 37.9 Å². The number of piperazine rings is 1. The largest absolute Gasteiger partial charge is 0.416 e. The van der Waals surface area contributed by atoms with E-state index in [1.165, 1.54) is 28.0 Å². The van der Waals surface area contributed by atoms with E-state index in [1.807, 2.05) is 20.9 Å². The zero-order chi connectivity index (χ0) is 27.1. The molecule has 8 nitrogen and oxygen atoms in total. The van der Waals surface area contributed by atoms with Crippen molar-refractivity contribution in [2.45, 2.75) is 45.5 Å². The standard InChI is InChI=1S/C26H34F3N5O3/c1-5-33-20-15-34(19(14-16(2)3)23(35)32-12-10-31(4)11-13-32)24(36)21(20)22(30-25(33)37)17-8-6-7-9-18(17)26(27,28)29/h6-9,16,19,22H,5,10-15H2,1-4H3,(H,30,37)/t19-,22-/m1/s1. The van der Waals surface area contributed by atoms with Crippen molar-refractivity contribution in [3.05, 3.63) is 46.7 Å². The Hall–Kier alpha value is -3.08. The van der Waals surface area contributed by atoms with Crippen molar-refractivity contribution >= 4 is 17.8 Å². The Morgan fingerprint density at radius 2 is 1.76 bits per heavy atom. The third-order valence-electron chi connectivity index (χ3n) is 7.31. The van der Waals surface area contributed by atoms with Crippen LogP contribution in [0.25, 0.3) is 0 Å². The van der Waals surface area contributed by atoms with Gasteiger partial charge in [-0.15, -0.1) is 0 Å². The maximum atomic E-state index is 13.9. The predicted octanol–water partition coefficient (Wildman–Crippen LogP) is 3.08. The third kappa shape index (κ3) is 5.18. The smallest absolute Gasteiger partial charge is 0.338 e. The van der Waals surface area contributed by atoms with E-state index >= 15 is 0 Å². The molecule has 1 aromatic rings.